The van der Waals surface area contributed by atoms with Crippen molar-refractivity contribution in [2.45, 2.75) is 6.54 Å². The van der Waals surface area contributed by atoms with Gasteiger partial charge in [0.1, 0.15) is 5.02 Å². The number of nitrogens with zero attached hydrogens (tertiary/aromatic N) is 4. The van der Waals surface area contributed by atoms with Gasteiger partial charge in [-0.15, -0.1) is 0 Å². The van der Waals surface area contributed by atoms with Crippen molar-refractivity contribution in [3.05, 3.63) is 44.8 Å². The quantitative estimate of drug-likeness (QED) is 0.817. The minimum atomic E-state index is -0.407. The van der Waals surface area contributed by atoms with Crippen LogP contribution in [0.15, 0.2) is 23.5 Å². The maximum Gasteiger partial charge on any atom is 0.287 e. The highest BCUT2D eigenvalue weighted by Crippen LogP contribution is 2.14. The molecular formula is C9H8Cl2N4O. The summed E-state index contributed by atoms with van der Waals surface area (Å²) < 4.78 is 3.04. The fourth-order valence-corrected chi connectivity index (χ4v) is 1.52. The molecule has 0 aromatic carbocycles. The number of imidazole rings is 1. The molecule has 0 fully saturated rings. The topological polar surface area (TPSA) is 52.7 Å². The van der Waals surface area contributed by atoms with Gasteiger partial charge in [-0.2, -0.15) is 5.10 Å². The predicted octanol–water partition coefficient (Wildman–Crippen LogP) is 1.33. The van der Waals surface area contributed by atoms with Crippen molar-refractivity contribution >= 4 is 23.2 Å². The first-order valence-corrected chi connectivity index (χ1v) is 5.21. The van der Waals surface area contributed by atoms with E-state index in [2.05, 4.69) is 10.1 Å². The van der Waals surface area contributed by atoms with Gasteiger partial charge in [-0.05, 0) is 0 Å². The smallest absolute Gasteiger partial charge is 0.287 e. The van der Waals surface area contributed by atoms with Crippen molar-refractivity contribution in [1.82, 2.24) is 19.3 Å². The van der Waals surface area contributed by atoms with Crippen molar-refractivity contribution < 1.29 is 0 Å². The SMILES string of the molecule is Cn1cncc1Cn1ncc(Cl)c(Cl)c1=O. The Balaban J connectivity index is 2.40. The number of halogens is 2. The standard InChI is InChI=1S/C9H8Cl2N4O/c1-14-5-12-2-6(14)4-15-9(16)8(11)7(10)3-13-15/h2-3,5H,4H2,1H3. The zero-order valence-electron chi connectivity index (χ0n) is 8.39. The van der Waals surface area contributed by atoms with E-state index >= 15 is 0 Å². The summed E-state index contributed by atoms with van der Waals surface area (Å²) in [5, 5.41) is 4.05. The van der Waals surface area contributed by atoms with E-state index in [9.17, 15) is 4.79 Å². The molecule has 0 N–H and O–H groups in total. The first-order chi connectivity index (χ1) is 7.59. The molecule has 2 aromatic rings. The highest BCUT2D eigenvalue weighted by atomic mass is 35.5. The van der Waals surface area contributed by atoms with Crippen LogP contribution >= 0.6 is 23.2 Å². The van der Waals surface area contributed by atoms with Crippen LogP contribution in [0.5, 0.6) is 0 Å². The van der Waals surface area contributed by atoms with Gasteiger partial charge >= 0.3 is 0 Å². The van der Waals surface area contributed by atoms with Crippen molar-refractivity contribution in [3.8, 4) is 0 Å². The Hall–Kier alpha value is -1.33. The maximum absolute atomic E-state index is 11.7. The summed E-state index contributed by atoms with van der Waals surface area (Å²) >= 11 is 11.4. The summed E-state index contributed by atoms with van der Waals surface area (Å²) in [6, 6.07) is 0. The molecule has 0 atom stereocenters. The van der Waals surface area contributed by atoms with Gasteiger partial charge < -0.3 is 4.57 Å². The van der Waals surface area contributed by atoms with E-state index in [0.717, 1.165) is 5.69 Å². The average Bonchev–Trinajstić information content (AvgIpc) is 2.65. The Morgan fingerprint density at radius 1 is 1.38 bits per heavy atom. The fraction of sp³-hybridized carbons (Fsp3) is 0.222. The summed E-state index contributed by atoms with van der Waals surface area (Å²) in [5.41, 5.74) is 0.448. The maximum atomic E-state index is 11.7. The van der Waals surface area contributed by atoms with Crippen LogP contribution in [0.25, 0.3) is 0 Å². The monoisotopic (exact) mass is 258 g/mol. The largest absolute Gasteiger partial charge is 0.336 e. The second kappa shape index (κ2) is 4.27. The molecule has 0 bridgehead atoms. The molecular weight excluding hydrogens is 251 g/mol. The summed E-state index contributed by atoms with van der Waals surface area (Å²) in [6.07, 6.45) is 4.66. The molecule has 0 saturated heterocycles. The van der Waals surface area contributed by atoms with Gasteiger partial charge in [-0.3, -0.25) is 4.79 Å². The Morgan fingerprint density at radius 3 is 2.75 bits per heavy atom. The lowest BCUT2D eigenvalue weighted by atomic mass is 10.4. The fourth-order valence-electron chi connectivity index (χ4n) is 1.25. The molecule has 0 spiro atoms. The van der Waals surface area contributed by atoms with Crippen LogP contribution in [0.3, 0.4) is 0 Å². The van der Waals surface area contributed by atoms with Gasteiger partial charge in [0.15, 0.2) is 0 Å². The number of hydrogen-bond acceptors (Lipinski definition) is 3. The van der Waals surface area contributed by atoms with Crippen molar-refractivity contribution in [2.75, 3.05) is 0 Å². The first-order valence-electron chi connectivity index (χ1n) is 4.46. The molecule has 2 aromatic heterocycles. The van der Waals surface area contributed by atoms with Crippen molar-refractivity contribution in [3.63, 3.8) is 0 Å². The van der Waals surface area contributed by atoms with E-state index in [1.807, 2.05) is 7.05 Å². The van der Waals surface area contributed by atoms with Gasteiger partial charge in [0, 0.05) is 7.05 Å². The number of aryl methyl sites for hydroxylation is 1. The summed E-state index contributed by atoms with van der Waals surface area (Å²) in [6.45, 7) is 0.312. The lowest BCUT2D eigenvalue weighted by Crippen LogP contribution is -2.24. The molecule has 84 valence electrons. The highest BCUT2D eigenvalue weighted by molar-refractivity contribution is 6.41. The van der Waals surface area contributed by atoms with Crippen LogP contribution in [0.2, 0.25) is 10.0 Å². The average molecular weight is 259 g/mol. The molecule has 0 unspecified atom stereocenters. The Labute approximate surface area is 101 Å². The van der Waals surface area contributed by atoms with Crippen LogP contribution in [-0.2, 0) is 13.6 Å². The van der Waals surface area contributed by atoms with Crippen LogP contribution in [-0.4, -0.2) is 19.3 Å². The van der Waals surface area contributed by atoms with E-state index in [1.165, 1.54) is 10.9 Å². The molecule has 0 aliphatic carbocycles. The van der Waals surface area contributed by atoms with Crippen LogP contribution in [0.1, 0.15) is 5.69 Å². The lowest BCUT2D eigenvalue weighted by molar-refractivity contribution is 0.610. The number of rotatable bonds is 2. The Bertz CT molecular complexity index is 575. The van der Waals surface area contributed by atoms with E-state index in [1.54, 1.807) is 17.1 Å². The third kappa shape index (κ3) is 1.96. The Morgan fingerprint density at radius 2 is 2.12 bits per heavy atom. The minimum absolute atomic E-state index is 0.0150. The van der Waals surface area contributed by atoms with E-state index in [4.69, 9.17) is 23.2 Å². The van der Waals surface area contributed by atoms with Crippen LogP contribution < -0.4 is 5.56 Å². The summed E-state index contributed by atoms with van der Waals surface area (Å²) in [7, 11) is 1.84. The molecule has 5 nitrogen and oxygen atoms in total. The third-order valence-electron chi connectivity index (χ3n) is 2.17. The van der Waals surface area contributed by atoms with E-state index < -0.39 is 5.56 Å². The molecule has 2 rings (SSSR count). The lowest BCUT2D eigenvalue weighted by Gasteiger charge is -2.05. The second-order valence-corrected chi connectivity index (χ2v) is 4.05. The molecule has 0 amide bonds. The van der Waals surface area contributed by atoms with Crippen molar-refractivity contribution in [1.29, 1.82) is 0 Å². The molecule has 2 heterocycles. The summed E-state index contributed by atoms with van der Waals surface area (Å²) in [5.74, 6) is 0. The van der Waals surface area contributed by atoms with Gasteiger partial charge in [-0.1, -0.05) is 23.2 Å². The zero-order chi connectivity index (χ0) is 11.7. The molecule has 0 saturated carbocycles. The van der Waals surface area contributed by atoms with Crippen molar-refractivity contribution in [2.24, 2.45) is 7.05 Å². The first kappa shape index (κ1) is 11.2. The Kier molecular flexibility index (Phi) is 2.98. The highest BCUT2D eigenvalue weighted by Gasteiger charge is 2.08. The molecule has 0 aliphatic rings. The molecule has 16 heavy (non-hydrogen) atoms. The normalized spacial score (nSPS) is 10.7. The summed E-state index contributed by atoms with van der Waals surface area (Å²) in [4.78, 5) is 15.6. The van der Waals surface area contributed by atoms with Crippen LogP contribution in [0.4, 0.5) is 0 Å². The van der Waals surface area contributed by atoms with E-state index in [0.29, 0.717) is 6.54 Å². The second-order valence-electron chi connectivity index (χ2n) is 3.27. The van der Waals surface area contributed by atoms with Gasteiger partial charge in [-0.25, -0.2) is 9.67 Å². The molecule has 0 radical (unpaired) electrons. The number of aromatic nitrogens is 4. The van der Waals surface area contributed by atoms with Gasteiger partial charge in [0.2, 0.25) is 0 Å². The zero-order valence-corrected chi connectivity index (χ0v) is 9.90. The molecule has 0 aliphatic heterocycles. The third-order valence-corrected chi connectivity index (χ3v) is 2.92. The minimum Gasteiger partial charge on any atom is -0.336 e. The molecule has 7 heteroatoms. The van der Waals surface area contributed by atoms with Gasteiger partial charge in [0.25, 0.3) is 5.56 Å². The van der Waals surface area contributed by atoms with E-state index in [-0.39, 0.29) is 10.0 Å². The van der Waals surface area contributed by atoms with Crippen LogP contribution in [0, 0.1) is 0 Å². The van der Waals surface area contributed by atoms with Gasteiger partial charge in [0.05, 0.1) is 36.0 Å². The number of hydrogen-bond donors (Lipinski definition) is 0. The predicted molar refractivity (Wildman–Crippen MR) is 60.8 cm³/mol.